The summed E-state index contributed by atoms with van der Waals surface area (Å²) in [6.07, 6.45) is 3.50. The average Bonchev–Trinajstić information content (AvgIpc) is 2.87. The molecule has 2 N–H and O–H groups in total. The molecule has 0 unspecified atom stereocenters. The van der Waals surface area contributed by atoms with Crippen molar-refractivity contribution in [1.82, 2.24) is 15.2 Å². The minimum Gasteiger partial charge on any atom is -0.369 e. The number of aromatic nitrogens is 1. The third kappa shape index (κ3) is 5.77. The molecule has 8 heteroatoms. The molecule has 2 aromatic carbocycles. The van der Waals surface area contributed by atoms with Crippen LogP contribution in [0.5, 0.6) is 0 Å². The number of carbonyl (C=O) groups excluding carboxylic acids is 2. The van der Waals surface area contributed by atoms with Crippen LogP contribution in [0.2, 0.25) is 0 Å². The van der Waals surface area contributed by atoms with Gasteiger partial charge in [0.15, 0.2) is 0 Å². The van der Waals surface area contributed by atoms with Gasteiger partial charge in [-0.2, -0.15) is 0 Å². The van der Waals surface area contributed by atoms with Crippen molar-refractivity contribution in [2.24, 2.45) is 0 Å². The topological polar surface area (TPSA) is 77.6 Å². The van der Waals surface area contributed by atoms with Crippen LogP contribution < -0.4 is 15.5 Å². The summed E-state index contributed by atoms with van der Waals surface area (Å²) in [6.45, 7) is 5.19. The number of rotatable bonds is 6. The van der Waals surface area contributed by atoms with E-state index < -0.39 is 11.8 Å². The Balaban J connectivity index is 1.39. The predicted molar refractivity (Wildman–Crippen MR) is 130 cm³/mol. The number of anilines is 2. The van der Waals surface area contributed by atoms with Crippen LogP contribution in [0.4, 0.5) is 15.8 Å². The minimum absolute atomic E-state index is 0.126. The van der Waals surface area contributed by atoms with Gasteiger partial charge in [-0.3, -0.25) is 19.5 Å². The molecule has 0 spiro atoms. The van der Waals surface area contributed by atoms with Crippen molar-refractivity contribution in [2.45, 2.75) is 13.0 Å². The van der Waals surface area contributed by atoms with Gasteiger partial charge in [-0.05, 0) is 54.4 Å². The van der Waals surface area contributed by atoms with Crippen LogP contribution in [0.1, 0.15) is 17.2 Å². The average molecular weight is 462 g/mol. The maximum absolute atomic E-state index is 13.3. The summed E-state index contributed by atoms with van der Waals surface area (Å²) in [5.74, 6) is -1.62. The maximum atomic E-state index is 13.3. The fraction of sp³-hybridized carbons (Fsp3) is 0.269. The summed E-state index contributed by atoms with van der Waals surface area (Å²) in [7, 11) is 0. The van der Waals surface area contributed by atoms with Crippen molar-refractivity contribution in [3.63, 3.8) is 0 Å². The third-order valence-corrected chi connectivity index (χ3v) is 6.07. The number of nitrogens with one attached hydrogen (secondary N) is 2. The SMILES string of the molecule is Cc1ccccc1NC(=O)C(=O)NC[C@H](c1cccnc1)N1CCN(c2ccc(F)cc2)CC1. The summed E-state index contributed by atoms with van der Waals surface area (Å²) in [5, 5.41) is 5.46. The highest BCUT2D eigenvalue weighted by atomic mass is 19.1. The van der Waals surface area contributed by atoms with Crippen LogP contribution in [-0.4, -0.2) is 54.4 Å². The fourth-order valence-corrected chi connectivity index (χ4v) is 4.14. The first kappa shape index (κ1) is 23.4. The van der Waals surface area contributed by atoms with E-state index in [1.165, 1.54) is 12.1 Å². The van der Waals surface area contributed by atoms with E-state index in [-0.39, 0.29) is 18.4 Å². The fourth-order valence-electron chi connectivity index (χ4n) is 4.14. The number of benzene rings is 2. The molecule has 2 heterocycles. The summed E-state index contributed by atoms with van der Waals surface area (Å²) >= 11 is 0. The molecular weight excluding hydrogens is 433 g/mol. The van der Waals surface area contributed by atoms with E-state index in [1.807, 2.05) is 37.3 Å². The quantitative estimate of drug-likeness (QED) is 0.552. The number of piperazine rings is 1. The van der Waals surface area contributed by atoms with Gasteiger partial charge in [0.25, 0.3) is 0 Å². The lowest BCUT2D eigenvalue weighted by Gasteiger charge is -2.40. The predicted octanol–water partition coefficient (Wildman–Crippen LogP) is 3.15. The first-order valence-electron chi connectivity index (χ1n) is 11.3. The molecule has 7 nitrogen and oxygen atoms in total. The van der Waals surface area contributed by atoms with Crippen molar-refractivity contribution < 1.29 is 14.0 Å². The third-order valence-electron chi connectivity index (χ3n) is 6.07. The number of amides is 2. The summed E-state index contributed by atoms with van der Waals surface area (Å²) in [4.78, 5) is 33.7. The highest BCUT2D eigenvalue weighted by molar-refractivity contribution is 6.39. The smallest absolute Gasteiger partial charge is 0.313 e. The second kappa shape index (κ2) is 10.9. The number of para-hydroxylation sites is 1. The summed E-state index contributed by atoms with van der Waals surface area (Å²) in [5.41, 5.74) is 3.46. The van der Waals surface area contributed by atoms with Gasteiger partial charge in [0.05, 0.1) is 6.04 Å². The number of nitrogens with zero attached hydrogens (tertiary/aromatic N) is 3. The molecule has 0 bridgehead atoms. The van der Waals surface area contributed by atoms with Crippen molar-refractivity contribution in [3.8, 4) is 0 Å². The number of hydrogen-bond donors (Lipinski definition) is 2. The number of carbonyl (C=O) groups is 2. The Labute approximate surface area is 198 Å². The molecule has 176 valence electrons. The molecule has 1 aliphatic heterocycles. The molecule has 1 aliphatic rings. The normalized spacial score (nSPS) is 14.9. The number of aryl methyl sites for hydroxylation is 1. The molecule has 2 amide bonds. The van der Waals surface area contributed by atoms with Gasteiger partial charge < -0.3 is 15.5 Å². The highest BCUT2D eigenvalue weighted by Crippen LogP contribution is 2.24. The summed E-state index contributed by atoms with van der Waals surface area (Å²) < 4.78 is 13.3. The Morgan fingerprint density at radius 1 is 0.971 bits per heavy atom. The monoisotopic (exact) mass is 461 g/mol. The molecule has 1 saturated heterocycles. The van der Waals surface area contributed by atoms with E-state index >= 15 is 0 Å². The zero-order valence-electron chi connectivity index (χ0n) is 19.1. The minimum atomic E-state index is -0.694. The first-order valence-corrected chi connectivity index (χ1v) is 11.3. The molecule has 1 aromatic heterocycles. The highest BCUT2D eigenvalue weighted by Gasteiger charge is 2.27. The van der Waals surface area contributed by atoms with Gasteiger partial charge in [-0.15, -0.1) is 0 Å². The molecule has 1 fully saturated rings. The number of halogens is 1. The standard InChI is InChI=1S/C26H28FN5O2/c1-19-5-2-3-7-23(19)30-26(34)25(33)29-18-24(20-6-4-12-28-17-20)32-15-13-31(14-16-32)22-10-8-21(27)9-11-22/h2-12,17,24H,13-16,18H2,1H3,(H,29,33)(H,30,34)/t24-/m1/s1. The van der Waals surface area contributed by atoms with Gasteiger partial charge in [0, 0.05) is 56.5 Å². The van der Waals surface area contributed by atoms with Crippen LogP contribution in [0.15, 0.2) is 73.1 Å². The van der Waals surface area contributed by atoms with Crippen LogP contribution in [-0.2, 0) is 9.59 Å². The summed E-state index contributed by atoms with van der Waals surface area (Å²) in [6, 6.07) is 17.6. The van der Waals surface area contributed by atoms with Crippen molar-refractivity contribution in [3.05, 3.63) is 90.0 Å². The lowest BCUT2D eigenvalue weighted by atomic mass is 10.1. The van der Waals surface area contributed by atoms with Crippen LogP contribution in [0.25, 0.3) is 0 Å². The van der Waals surface area contributed by atoms with Gasteiger partial charge in [-0.25, -0.2) is 4.39 Å². The second-order valence-corrected chi connectivity index (χ2v) is 8.28. The lowest BCUT2D eigenvalue weighted by molar-refractivity contribution is -0.136. The molecule has 1 atom stereocenters. The lowest BCUT2D eigenvalue weighted by Crippen LogP contribution is -2.50. The van der Waals surface area contributed by atoms with Crippen LogP contribution in [0.3, 0.4) is 0 Å². The molecule has 4 rings (SSSR count). The zero-order valence-corrected chi connectivity index (χ0v) is 19.1. The molecule has 34 heavy (non-hydrogen) atoms. The largest absolute Gasteiger partial charge is 0.369 e. The molecule has 0 aliphatic carbocycles. The Bertz CT molecular complexity index is 1120. The van der Waals surface area contributed by atoms with Crippen LogP contribution in [0, 0.1) is 12.7 Å². The number of hydrogen-bond acceptors (Lipinski definition) is 5. The van der Waals surface area contributed by atoms with E-state index in [2.05, 4.69) is 25.4 Å². The molecule has 0 saturated carbocycles. The van der Waals surface area contributed by atoms with Crippen molar-refractivity contribution in [1.29, 1.82) is 0 Å². The van der Waals surface area contributed by atoms with E-state index in [1.54, 1.807) is 30.6 Å². The van der Waals surface area contributed by atoms with Crippen molar-refractivity contribution in [2.75, 3.05) is 42.9 Å². The first-order chi connectivity index (χ1) is 16.5. The van der Waals surface area contributed by atoms with E-state index in [9.17, 15) is 14.0 Å². The van der Waals surface area contributed by atoms with E-state index in [0.29, 0.717) is 5.69 Å². The van der Waals surface area contributed by atoms with Crippen LogP contribution >= 0.6 is 0 Å². The molecular formula is C26H28FN5O2. The maximum Gasteiger partial charge on any atom is 0.313 e. The second-order valence-electron chi connectivity index (χ2n) is 8.28. The molecule has 3 aromatic rings. The Morgan fingerprint density at radius 2 is 1.71 bits per heavy atom. The Kier molecular flexibility index (Phi) is 7.49. The Hall–Kier alpha value is -3.78. The van der Waals surface area contributed by atoms with Gasteiger partial charge in [0.1, 0.15) is 5.82 Å². The number of pyridine rings is 1. The van der Waals surface area contributed by atoms with Gasteiger partial charge in [-0.1, -0.05) is 24.3 Å². The van der Waals surface area contributed by atoms with E-state index in [4.69, 9.17) is 0 Å². The van der Waals surface area contributed by atoms with E-state index in [0.717, 1.165) is 43.0 Å². The zero-order chi connectivity index (χ0) is 23.9. The Morgan fingerprint density at radius 3 is 2.38 bits per heavy atom. The van der Waals surface area contributed by atoms with Crippen molar-refractivity contribution >= 4 is 23.2 Å². The molecule has 0 radical (unpaired) electrons. The van der Waals surface area contributed by atoms with Gasteiger partial charge >= 0.3 is 11.8 Å². The van der Waals surface area contributed by atoms with Gasteiger partial charge in [0.2, 0.25) is 0 Å².